The standard InChI is InChI=1S/C23H23FN4O3S/c24-21-5-1-2-6-22(21)26-32(30,31)20-9-7-19(8-10-20)23(29)28-14-12-27(13-15-28)17-18-4-3-11-25-16-18/h1-11,16,26H,12-15,17H2. The molecule has 1 amide bonds. The monoisotopic (exact) mass is 454 g/mol. The number of pyridine rings is 1. The van der Waals surface area contributed by atoms with Crippen LogP contribution in [0.15, 0.2) is 78.0 Å². The fourth-order valence-electron chi connectivity index (χ4n) is 3.57. The molecule has 1 aliphatic rings. The van der Waals surface area contributed by atoms with Gasteiger partial charge in [0.15, 0.2) is 0 Å². The number of nitrogens with one attached hydrogen (secondary N) is 1. The number of carbonyl (C=O) groups is 1. The van der Waals surface area contributed by atoms with Crippen molar-refractivity contribution in [2.75, 3.05) is 30.9 Å². The Bertz CT molecular complexity index is 1180. The quantitative estimate of drug-likeness (QED) is 0.619. The van der Waals surface area contributed by atoms with Crippen LogP contribution in [0, 0.1) is 5.82 Å². The van der Waals surface area contributed by atoms with E-state index >= 15 is 0 Å². The number of hydrogen-bond donors (Lipinski definition) is 1. The number of benzene rings is 2. The van der Waals surface area contributed by atoms with Crippen LogP contribution in [0.25, 0.3) is 0 Å². The lowest BCUT2D eigenvalue weighted by Crippen LogP contribution is -2.48. The van der Waals surface area contributed by atoms with Crippen LogP contribution in [-0.2, 0) is 16.6 Å². The van der Waals surface area contributed by atoms with Gasteiger partial charge < -0.3 is 4.90 Å². The molecule has 1 fully saturated rings. The Morgan fingerprint density at radius 3 is 2.34 bits per heavy atom. The molecule has 2 aromatic carbocycles. The summed E-state index contributed by atoms with van der Waals surface area (Å²) in [5.74, 6) is -0.803. The lowest BCUT2D eigenvalue weighted by molar-refractivity contribution is 0.0628. The zero-order chi connectivity index (χ0) is 22.6. The number of nitrogens with zero attached hydrogens (tertiary/aromatic N) is 3. The second kappa shape index (κ2) is 9.46. The Morgan fingerprint density at radius 2 is 1.69 bits per heavy atom. The summed E-state index contributed by atoms with van der Waals surface area (Å²) >= 11 is 0. The van der Waals surface area contributed by atoms with Gasteiger partial charge in [0.2, 0.25) is 0 Å². The van der Waals surface area contributed by atoms with Crippen molar-refractivity contribution >= 4 is 21.6 Å². The van der Waals surface area contributed by atoms with Crippen LogP contribution in [-0.4, -0.2) is 55.3 Å². The molecular formula is C23H23FN4O3S. The summed E-state index contributed by atoms with van der Waals surface area (Å²) in [5, 5.41) is 0. The van der Waals surface area contributed by atoms with Crippen molar-refractivity contribution in [1.29, 1.82) is 0 Å². The van der Waals surface area contributed by atoms with Gasteiger partial charge in [-0.25, -0.2) is 12.8 Å². The number of anilines is 1. The minimum atomic E-state index is -3.97. The van der Waals surface area contributed by atoms with E-state index in [-0.39, 0.29) is 16.5 Å². The van der Waals surface area contributed by atoms with E-state index in [2.05, 4.69) is 14.6 Å². The fourth-order valence-corrected chi connectivity index (χ4v) is 4.63. The van der Waals surface area contributed by atoms with Gasteiger partial charge in [-0.1, -0.05) is 18.2 Å². The normalized spacial score (nSPS) is 14.8. The number of halogens is 1. The van der Waals surface area contributed by atoms with Gasteiger partial charge in [-0.2, -0.15) is 0 Å². The lowest BCUT2D eigenvalue weighted by atomic mass is 10.1. The first-order chi connectivity index (χ1) is 15.4. The summed E-state index contributed by atoms with van der Waals surface area (Å²) in [4.78, 5) is 21.0. The molecule has 0 unspecified atom stereocenters. The van der Waals surface area contributed by atoms with E-state index in [4.69, 9.17) is 0 Å². The average Bonchev–Trinajstić information content (AvgIpc) is 2.81. The molecule has 32 heavy (non-hydrogen) atoms. The summed E-state index contributed by atoms with van der Waals surface area (Å²) in [5.41, 5.74) is 1.42. The fraction of sp³-hybridized carbons (Fsp3) is 0.217. The van der Waals surface area contributed by atoms with E-state index < -0.39 is 15.8 Å². The Labute approximate surface area is 186 Å². The molecule has 0 aliphatic carbocycles. The zero-order valence-corrected chi connectivity index (χ0v) is 18.1. The molecule has 166 valence electrons. The molecule has 1 saturated heterocycles. The summed E-state index contributed by atoms with van der Waals surface area (Å²) in [6, 6.07) is 15.2. The number of amides is 1. The highest BCUT2D eigenvalue weighted by Crippen LogP contribution is 2.20. The van der Waals surface area contributed by atoms with Crippen molar-refractivity contribution in [2.24, 2.45) is 0 Å². The van der Waals surface area contributed by atoms with Crippen molar-refractivity contribution in [3.8, 4) is 0 Å². The molecule has 0 bridgehead atoms. The van der Waals surface area contributed by atoms with Gasteiger partial charge in [-0.15, -0.1) is 0 Å². The number of para-hydroxylation sites is 1. The van der Waals surface area contributed by atoms with Crippen LogP contribution in [0.4, 0.5) is 10.1 Å². The van der Waals surface area contributed by atoms with E-state index in [1.54, 1.807) is 17.2 Å². The molecule has 1 aromatic heterocycles. The summed E-state index contributed by atoms with van der Waals surface area (Å²) in [6.45, 7) is 3.47. The third-order valence-corrected chi connectivity index (χ3v) is 6.70. The zero-order valence-electron chi connectivity index (χ0n) is 17.3. The molecule has 0 saturated carbocycles. The topological polar surface area (TPSA) is 82.6 Å². The number of sulfonamides is 1. The minimum absolute atomic E-state index is 0.0430. The smallest absolute Gasteiger partial charge is 0.261 e. The first-order valence-corrected chi connectivity index (χ1v) is 11.7. The average molecular weight is 455 g/mol. The van der Waals surface area contributed by atoms with Gasteiger partial charge in [-0.3, -0.25) is 19.4 Å². The van der Waals surface area contributed by atoms with Crippen molar-refractivity contribution in [3.05, 3.63) is 90.0 Å². The highest BCUT2D eigenvalue weighted by Gasteiger charge is 2.23. The van der Waals surface area contributed by atoms with Gasteiger partial charge in [0.1, 0.15) is 5.82 Å². The number of hydrogen-bond acceptors (Lipinski definition) is 5. The molecule has 2 heterocycles. The summed E-state index contributed by atoms with van der Waals surface area (Å²) in [6.07, 6.45) is 3.58. The highest BCUT2D eigenvalue weighted by molar-refractivity contribution is 7.92. The van der Waals surface area contributed by atoms with Gasteiger partial charge in [0.05, 0.1) is 10.6 Å². The van der Waals surface area contributed by atoms with Crippen LogP contribution in [0.5, 0.6) is 0 Å². The van der Waals surface area contributed by atoms with Crippen LogP contribution < -0.4 is 4.72 Å². The van der Waals surface area contributed by atoms with Crippen LogP contribution >= 0.6 is 0 Å². The second-order valence-electron chi connectivity index (χ2n) is 7.54. The van der Waals surface area contributed by atoms with Crippen LogP contribution in [0.1, 0.15) is 15.9 Å². The molecule has 1 N–H and O–H groups in total. The van der Waals surface area contributed by atoms with E-state index in [0.717, 1.165) is 25.2 Å². The molecule has 0 atom stereocenters. The molecular weight excluding hydrogens is 431 g/mol. The first kappa shape index (κ1) is 21.9. The Morgan fingerprint density at radius 1 is 0.969 bits per heavy atom. The maximum absolute atomic E-state index is 13.8. The Hall–Kier alpha value is -3.30. The van der Waals surface area contributed by atoms with E-state index in [1.807, 2.05) is 18.3 Å². The maximum Gasteiger partial charge on any atom is 0.261 e. The van der Waals surface area contributed by atoms with Crippen LogP contribution in [0.3, 0.4) is 0 Å². The van der Waals surface area contributed by atoms with Gasteiger partial charge >= 0.3 is 0 Å². The van der Waals surface area contributed by atoms with E-state index in [0.29, 0.717) is 18.7 Å². The van der Waals surface area contributed by atoms with Crippen molar-refractivity contribution in [3.63, 3.8) is 0 Å². The molecule has 3 aromatic rings. The highest BCUT2D eigenvalue weighted by atomic mass is 32.2. The lowest BCUT2D eigenvalue weighted by Gasteiger charge is -2.34. The predicted octanol–water partition coefficient (Wildman–Crippen LogP) is 2.98. The molecule has 9 heteroatoms. The Kier molecular flexibility index (Phi) is 6.48. The number of piperazine rings is 1. The molecule has 7 nitrogen and oxygen atoms in total. The summed E-state index contributed by atoms with van der Waals surface area (Å²) in [7, 11) is -3.97. The summed E-state index contributed by atoms with van der Waals surface area (Å²) < 4.78 is 41.1. The molecule has 0 radical (unpaired) electrons. The van der Waals surface area contributed by atoms with Crippen molar-refractivity contribution < 1.29 is 17.6 Å². The first-order valence-electron chi connectivity index (χ1n) is 10.2. The minimum Gasteiger partial charge on any atom is -0.336 e. The van der Waals surface area contributed by atoms with Crippen molar-refractivity contribution in [1.82, 2.24) is 14.8 Å². The SMILES string of the molecule is O=C(c1ccc(S(=O)(=O)Nc2ccccc2F)cc1)N1CCN(Cc2cccnc2)CC1. The van der Waals surface area contributed by atoms with E-state index in [9.17, 15) is 17.6 Å². The number of carbonyl (C=O) groups excluding carboxylic acids is 1. The molecule has 4 rings (SSSR count). The van der Waals surface area contributed by atoms with Gasteiger partial charge in [0, 0.05) is 50.7 Å². The maximum atomic E-state index is 13.8. The van der Waals surface area contributed by atoms with Crippen molar-refractivity contribution in [2.45, 2.75) is 11.4 Å². The second-order valence-corrected chi connectivity index (χ2v) is 9.22. The van der Waals surface area contributed by atoms with Crippen LogP contribution in [0.2, 0.25) is 0 Å². The number of aromatic nitrogens is 1. The number of rotatable bonds is 6. The Balaban J connectivity index is 1.37. The van der Waals surface area contributed by atoms with E-state index in [1.165, 1.54) is 42.5 Å². The third-order valence-electron chi connectivity index (χ3n) is 5.32. The molecule has 0 spiro atoms. The third kappa shape index (κ3) is 5.12. The largest absolute Gasteiger partial charge is 0.336 e. The van der Waals surface area contributed by atoms with Gasteiger partial charge in [0.25, 0.3) is 15.9 Å². The molecule has 1 aliphatic heterocycles. The predicted molar refractivity (Wildman–Crippen MR) is 119 cm³/mol. The van der Waals surface area contributed by atoms with Gasteiger partial charge in [-0.05, 0) is 48.0 Å².